The predicted molar refractivity (Wildman–Crippen MR) is 131 cm³/mol. The Morgan fingerprint density at radius 1 is 0.879 bits per heavy atom. The van der Waals surface area contributed by atoms with Crippen molar-refractivity contribution in [1.29, 1.82) is 0 Å². The smallest absolute Gasteiger partial charge is 0.273 e. The number of amides is 4. The fourth-order valence-electron chi connectivity index (χ4n) is 3.77. The summed E-state index contributed by atoms with van der Waals surface area (Å²) in [4.78, 5) is 39.6. The first-order valence-corrected chi connectivity index (χ1v) is 11.2. The number of halogens is 2. The summed E-state index contributed by atoms with van der Waals surface area (Å²) < 4.78 is 0. The predicted octanol–water partition coefficient (Wildman–Crippen LogP) is 5.81. The first-order valence-electron chi connectivity index (χ1n) is 10.4. The van der Waals surface area contributed by atoms with Crippen LogP contribution in [0.15, 0.2) is 72.3 Å². The summed E-state index contributed by atoms with van der Waals surface area (Å²) in [6, 6.07) is 19.0. The molecule has 33 heavy (non-hydrogen) atoms. The molecule has 4 amide bonds. The molecule has 0 atom stereocenters. The van der Waals surface area contributed by atoms with Gasteiger partial charge in [0, 0.05) is 10.0 Å². The second kappa shape index (κ2) is 9.61. The Bertz CT molecular complexity index is 1300. The SMILES string of the molecule is CCc1ccccc1N1C(=O)NC(=O)/C(=C/c2cc(Cl)ccc2Cc2ccccc2Cl)C1=O. The first kappa shape index (κ1) is 22.8. The lowest BCUT2D eigenvalue weighted by Gasteiger charge is -2.28. The third-order valence-corrected chi connectivity index (χ3v) is 6.07. The molecular weight excluding hydrogens is 459 g/mol. The van der Waals surface area contributed by atoms with E-state index in [-0.39, 0.29) is 5.57 Å². The van der Waals surface area contributed by atoms with Crippen molar-refractivity contribution in [1.82, 2.24) is 5.32 Å². The Labute approximate surface area is 201 Å². The van der Waals surface area contributed by atoms with Gasteiger partial charge in [0.1, 0.15) is 5.57 Å². The van der Waals surface area contributed by atoms with Crippen molar-refractivity contribution in [2.45, 2.75) is 19.8 Å². The van der Waals surface area contributed by atoms with Crippen molar-refractivity contribution in [2.75, 3.05) is 4.90 Å². The van der Waals surface area contributed by atoms with Crippen molar-refractivity contribution in [3.63, 3.8) is 0 Å². The second-order valence-corrected chi connectivity index (χ2v) is 8.40. The van der Waals surface area contributed by atoms with Crippen LogP contribution in [-0.2, 0) is 22.4 Å². The van der Waals surface area contributed by atoms with Gasteiger partial charge in [-0.25, -0.2) is 9.69 Å². The Balaban J connectivity index is 1.77. The number of rotatable bonds is 5. The highest BCUT2D eigenvalue weighted by Gasteiger charge is 2.37. The summed E-state index contributed by atoms with van der Waals surface area (Å²) in [6.45, 7) is 1.93. The molecule has 1 aliphatic rings. The summed E-state index contributed by atoms with van der Waals surface area (Å²) >= 11 is 12.5. The number of carbonyl (C=O) groups is 3. The van der Waals surface area contributed by atoms with Gasteiger partial charge >= 0.3 is 6.03 Å². The maximum absolute atomic E-state index is 13.3. The molecule has 0 saturated carbocycles. The monoisotopic (exact) mass is 478 g/mol. The van der Waals surface area contributed by atoms with E-state index in [1.807, 2.05) is 43.3 Å². The zero-order valence-corrected chi connectivity index (χ0v) is 19.3. The van der Waals surface area contributed by atoms with Crippen molar-refractivity contribution in [3.05, 3.63) is 105 Å². The van der Waals surface area contributed by atoms with E-state index in [1.165, 1.54) is 6.08 Å². The van der Waals surface area contributed by atoms with Crippen LogP contribution in [0.1, 0.15) is 29.2 Å². The van der Waals surface area contributed by atoms with E-state index in [1.54, 1.807) is 30.3 Å². The maximum atomic E-state index is 13.3. The van der Waals surface area contributed by atoms with E-state index in [0.717, 1.165) is 21.6 Å². The van der Waals surface area contributed by atoms with Gasteiger partial charge in [-0.3, -0.25) is 14.9 Å². The number of nitrogens with one attached hydrogen (secondary N) is 1. The minimum absolute atomic E-state index is 0.150. The van der Waals surface area contributed by atoms with Crippen molar-refractivity contribution in [2.24, 2.45) is 0 Å². The zero-order valence-electron chi connectivity index (χ0n) is 17.8. The highest BCUT2D eigenvalue weighted by Crippen LogP contribution is 2.28. The molecule has 0 aliphatic carbocycles. The zero-order chi connectivity index (χ0) is 23.5. The van der Waals surface area contributed by atoms with E-state index in [4.69, 9.17) is 23.2 Å². The van der Waals surface area contributed by atoms with Gasteiger partial charge in [0.2, 0.25) is 0 Å². The molecule has 1 fully saturated rings. The number of hydrogen-bond acceptors (Lipinski definition) is 3. The van der Waals surface area contributed by atoms with Crippen LogP contribution in [0.25, 0.3) is 6.08 Å². The topological polar surface area (TPSA) is 66.5 Å². The minimum atomic E-state index is -0.773. The molecule has 1 aliphatic heterocycles. The first-order chi connectivity index (χ1) is 15.9. The molecule has 3 aromatic carbocycles. The molecular formula is C26H20Cl2N2O3. The molecule has 1 heterocycles. The quantitative estimate of drug-likeness (QED) is 0.371. The third-order valence-electron chi connectivity index (χ3n) is 5.46. The summed E-state index contributed by atoms with van der Waals surface area (Å²) in [7, 11) is 0. The lowest BCUT2D eigenvalue weighted by Crippen LogP contribution is -2.54. The molecule has 0 radical (unpaired) electrons. The lowest BCUT2D eigenvalue weighted by molar-refractivity contribution is -0.122. The van der Waals surface area contributed by atoms with Crippen molar-refractivity contribution in [3.8, 4) is 0 Å². The van der Waals surface area contributed by atoms with E-state index in [0.29, 0.717) is 34.1 Å². The lowest BCUT2D eigenvalue weighted by atomic mass is 9.97. The number of para-hydroxylation sites is 1. The van der Waals surface area contributed by atoms with E-state index >= 15 is 0 Å². The Morgan fingerprint density at radius 2 is 1.58 bits per heavy atom. The van der Waals surface area contributed by atoms with Crippen LogP contribution >= 0.6 is 23.2 Å². The van der Waals surface area contributed by atoms with Gasteiger partial charge in [-0.2, -0.15) is 0 Å². The van der Waals surface area contributed by atoms with Crippen molar-refractivity contribution < 1.29 is 14.4 Å². The highest BCUT2D eigenvalue weighted by molar-refractivity contribution is 6.39. The minimum Gasteiger partial charge on any atom is -0.273 e. The molecule has 1 saturated heterocycles. The van der Waals surface area contributed by atoms with Crippen LogP contribution in [0, 0.1) is 0 Å². The number of carbonyl (C=O) groups excluding carboxylic acids is 3. The molecule has 0 spiro atoms. The Hall–Kier alpha value is -3.41. The van der Waals surface area contributed by atoms with Gasteiger partial charge in [0.15, 0.2) is 0 Å². The number of hydrogen-bond donors (Lipinski definition) is 1. The highest BCUT2D eigenvalue weighted by atomic mass is 35.5. The Morgan fingerprint density at radius 3 is 2.30 bits per heavy atom. The number of anilines is 1. The number of barbiturate groups is 1. The fraction of sp³-hybridized carbons (Fsp3) is 0.115. The summed E-state index contributed by atoms with van der Waals surface area (Å²) in [6.07, 6.45) is 2.58. The summed E-state index contributed by atoms with van der Waals surface area (Å²) in [5.41, 5.74) is 3.44. The molecule has 4 rings (SSSR count). The van der Waals surface area contributed by atoms with Crippen LogP contribution in [-0.4, -0.2) is 17.8 Å². The number of imide groups is 2. The second-order valence-electron chi connectivity index (χ2n) is 7.55. The van der Waals surface area contributed by atoms with Gasteiger partial charge in [-0.15, -0.1) is 0 Å². The third kappa shape index (κ3) is 4.70. The molecule has 0 aromatic heterocycles. The van der Waals surface area contributed by atoms with Gasteiger partial charge in [-0.1, -0.05) is 72.6 Å². The summed E-state index contributed by atoms with van der Waals surface area (Å²) in [5.74, 6) is -1.44. The van der Waals surface area contributed by atoms with Crippen LogP contribution in [0.4, 0.5) is 10.5 Å². The van der Waals surface area contributed by atoms with Crippen LogP contribution in [0.5, 0.6) is 0 Å². The van der Waals surface area contributed by atoms with Crippen LogP contribution in [0.3, 0.4) is 0 Å². The normalized spacial score (nSPS) is 15.2. The van der Waals surface area contributed by atoms with Gasteiger partial charge in [0.25, 0.3) is 11.8 Å². The van der Waals surface area contributed by atoms with Gasteiger partial charge < -0.3 is 0 Å². The molecule has 5 nitrogen and oxygen atoms in total. The maximum Gasteiger partial charge on any atom is 0.335 e. The largest absolute Gasteiger partial charge is 0.335 e. The number of urea groups is 1. The van der Waals surface area contributed by atoms with E-state index in [2.05, 4.69) is 5.32 Å². The van der Waals surface area contributed by atoms with Crippen LogP contribution in [0.2, 0.25) is 10.0 Å². The van der Waals surface area contributed by atoms with Crippen LogP contribution < -0.4 is 10.2 Å². The number of nitrogens with zero attached hydrogens (tertiary/aromatic N) is 1. The van der Waals surface area contributed by atoms with Crippen molar-refractivity contribution >= 4 is 52.8 Å². The number of benzene rings is 3. The average Bonchev–Trinajstić information content (AvgIpc) is 2.80. The van der Waals surface area contributed by atoms with E-state index in [9.17, 15) is 14.4 Å². The average molecular weight is 479 g/mol. The standard InChI is InChI=1S/C26H20Cl2N2O3/c1-2-16-7-4-6-10-23(16)30-25(32)21(24(31)29-26(30)33)15-19-14-20(27)12-11-17(19)13-18-8-3-5-9-22(18)28/h3-12,14-15H,2,13H2,1H3,(H,29,31,33)/b21-15-. The Kier molecular flexibility index (Phi) is 6.63. The number of aryl methyl sites for hydroxylation is 1. The van der Waals surface area contributed by atoms with Gasteiger partial charge in [-0.05, 0) is 65.4 Å². The van der Waals surface area contributed by atoms with Gasteiger partial charge in [0.05, 0.1) is 5.69 Å². The molecule has 166 valence electrons. The fourth-order valence-corrected chi connectivity index (χ4v) is 4.15. The van der Waals surface area contributed by atoms with E-state index < -0.39 is 17.8 Å². The molecule has 0 bridgehead atoms. The molecule has 1 N–H and O–H groups in total. The molecule has 3 aromatic rings. The summed E-state index contributed by atoms with van der Waals surface area (Å²) in [5, 5.41) is 3.35. The molecule has 7 heteroatoms. The molecule has 0 unspecified atom stereocenters.